The second kappa shape index (κ2) is 10.9. The van der Waals surface area contributed by atoms with E-state index in [9.17, 15) is 9.59 Å². The molecular weight excluding hydrogens is 346 g/mol. The van der Waals surface area contributed by atoms with E-state index in [0.717, 1.165) is 11.3 Å². The molecule has 0 aromatic heterocycles. The van der Waals surface area contributed by atoms with Gasteiger partial charge >= 0.3 is 5.97 Å². The highest BCUT2D eigenvalue weighted by Gasteiger charge is 2.10. The third kappa shape index (κ3) is 7.40. The number of anilines is 1. The van der Waals surface area contributed by atoms with Gasteiger partial charge in [0.15, 0.2) is 6.61 Å². The van der Waals surface area contributed by atoms with Gasteiger partial charge in [0.05, 0.1) is 18.9 Å². The highest BCUT2D eigenvalue weighted by Crippen LogP contribution is 2.23. The first kappa shape index (κ1) is 20.3. The highest BCUT2D eigenvalue weighted by atomic mass is 16.5. The standard InChI is InChI=1S/C21H25NO5/c1-3-25-19-8-5-4-7-18(19)22-20(23)15-27-21(24)9-6-14-26-17-12-10-16(2)11-13-17/h4-5,7-8,10-13H,3,6,9,14-15H2,1-2H3,(H,22,23). The summed E-state index contributed by atoms with van der Waals surface area (Å²) in [5.74, 6) is 0.497. The molecule has 0 fully saturated rings. The lowest BCUT2D eigenvalue weighted by Crippen LogP contribution is -2.21. The molecule has 0 bridgehead atoms. The maximum absolute atomic E-state index is 11.9. The molecule has 2 aromatic carbocycles. The Morgan fingerprint density at radius 2 is 1.74 bits per heavy atom. The van der Waals surface area contributed by atoms with Crippen LogP contribution in [0, 0.1) is 6.92 Å². The molecule has 6 nitrogen and oxygen atoms in total. The van der Waals surface area contributed by atoms with Crippen molar-refractivity contribution in [1.29, 1.82) is 0 Å². The van der Waals surface area contributed by atoms with Gasteiger partial charge < -0.3 is 19.5 Å². The van der Waals surface area contributed by atoms with Crippen LogP contribution in [0.25, 0.3) is 0 Å². The van der Waals surface area contributed by atoms with Crippen molar-refractivity contribution in [3.8, 4) is 11.5 Å². The summed E-state index contributed by atoms with van der Waals surface area (Å²) in [6.45, 7) is 4.44. The molecule has 0 spiro atoms. The molecule has 27 heavy (non-hydrogen) atoms. The number of carbonyl (C=O) groups is 2. The first-order chi connectivity index (χ1) is 13.1. The number of nitrogens with one attached hydrogen (secondary N) is 1. The molecule has 0 aliphatic rings. The largest absolute Gasteiger partial charge is 0.494 e. The number of esters is 1. The minimum Gasteiger partial charge on any atom is -0.494 e. The lowest BCUT2D eigenvalue weighted by Gasteiger charge is -2.11. The van der Waals surface area contributed by atoms with Crippen LogP contribution in [0.1, 0.15) is 25.3 Å². The molecule has 144 valence electrons. The van der Waals surface area contributed by atoms with Gasteiger partial charge in [0.25, 0.3) is 5.91 Å². The molecule has 0 aliphatic carbocycles. The molecule has 0 unspecified atom stereocenters. The van der Waals surface area contributed by atoms with Gasteiger partial charge in [-0.1, -0.05) is 29.8 Å². The van der Waals surface area contributed by atoms with E-state index in [4.69, 9.17) is 14.2 Å². The lowest BCUT2D eigenvalue weighted by molar-refractivity contribution is -0.147. The van der Waals surface area contributed by atoms with Crippen LogP contribution in [0.5, 0.6) is 11.5 Å². The Morgan fingerprint density at radius 1 is 1.00 bits per heavy atom. The van der Waals surface area contributed by atoms with Crippen molar-refractivity contribution >= 4 is 17.6 Å². The minimum absolute atomic E-state index is 0.189. The molecule has 2 aromatic rings. The van der Waals surface area contributed by atoms with E-state index in [2.05, 4.69) is 5.32 Å². The molecule has 0 atom stereocenters. The van der Waals surface area contributed by atoms with Crippen molar-refractivity contribution < 1.29 is 23.8 Å². The normalized spacial score (nSPS) is 10.1. The van der Waals surface area contributed by atoms with Crippen LogP contribution in [0.2, 0.25) is 0 Å². The molecule has 0 aliphatic heterocycles. The van der Waals surface area contributed by atoms with Gasteiger partial charge in [-0.3, -0.25) is 9.59 Å². The average molecular weight is 371 g/mol. The smallest absolute Gasteiger partial charge is 0.306 e. The van der Waals surface area contributed by atoms with Crippen LogP contribution >= 0.6 is 0 Å². The average Bonchev–Trinajstić information content (AvgIpc) is 2.67. The third-order valence-corrected chi connectivity index (χ3v) is 3.64. The van der Waals surface area contributed by atoms with E-state index >= 15 is 0 Å². The number of carbonyl (C=O) groups excluding carboxylic acids is 2. The van der Waals surface area contributed by atoms with Crippen molar-refractivity contribution in [1.82, 2.24) is 0 Å². The van der Waals surface area contributed by atoms with Gasteiger partial charge in [-0.05, 0) is 44.5 Å². The molecule has 0 saturated carbocycles. The first-order valence-electron chi connectivity index (χ1n) is 8.95. The van der Waals surface area contributed by atoms with E-state index in [1.807, 2.05) is 44.2 Å². The monoisotopic (exact) mass is 371 g/mol. The fourth-order valence-electron chi connectivity index (χ4n) is 2.30. The topological polar surface area (TPSA) is 73.9 Å². The second-order valence-electron chi connectivity index (χ2n) is 5.90. The van der Waals surface area contributed by atoms with Crippen molar-refractivity contribution in [2.45, 2.75) is 26.7 Å². The number of benzene rings is 2. The Kier molecular flexibility index (Phi) is 8.16. The van der Waals surface area contributed by atoms with Crippen LogP contribution in [0.4, 0.5) is 5.69 Å². The number of para-hydroxylation sites is 2. The molecule has 0 saturated heterocycles. The molecule has 6 heteroatoms. The van der Waals surface area contributed by atoms with Crippen molar-refractivity contribution in [2.24, 2.45) is 0 Å². The fraction of sp³-hybridized carbons (Fsp3) is 0.333. The van der Waals surface area contributed by atoms with Crippen molar-refractivity contribution in [2.75, 3.05) is 25.1 Å². The van der Waals surface area contributed by atoms with E-state index in [-0.39, 0.29) is 13.0 Å². The van der Waals surface area contributed by atoms with Gasteiger partial charge in [0.2, 0.25) is 0 Å². The van der Waals surface area contributed by atoms with Gasteiger partial charge in [-0.15, -0.1) is 0 Å². The summed E-state index contributed by atoms with van der Waals surface area (Å²) in [6.07, 6.45) is 0.705. The van der Waals surface area contributed by atoms with E-state index in [0.29, 0.717) is 31.1 Å². The maximum Gasteiger partial charge on any atom is 0.306 e. The Hall–Kier alpha value is -3.02. The summed E-state index contributed by atoms with van der Waals surface area (Å²) >= 11 is 0. The van der Waals surface area contributed by atoms with Crippen molar-refractivity contribution in [3.05, 3.63) is 54.1 Å². The summed E-state index contributed by atoms with van der Waals surface area (Å²) in [5.41, 5.74) is 1.71. The summed E-state index contributed by atoms with van der Waals surface area (Å²) in [6, 6.07) is 14.8. The van der Waals surface area contributed by atoms with Gasteiger partial charge in [0, 0.05) is 6.42 Å². The SMILES string of the molecule is CCOc1ccccc1NC(=O)COC(=O)CCCOc1ccc(C)cc1. The predicted molar refractivity (Wildman–Crippen MR) is 103 cm³/mol. The Morgan fingerprint density at radius 3 is 2.48 bits per heavy atom. The molecule has 1 amide bonds. The van der Waals surface area contributed by atoms with E-state index in [1.165, 1.54) is 0 Å². The van der Waals surface area contributed by atoms with E-state index in [1.54, 1.807) is 18.2 Å². The molecule has 2 rings (SSSR count). The Balaban J connectivity index is 1.65. The quantitative estimate of drug-likeness (QED) is 0.509. The minimum atomic E-state index is -0.434. The molecule has 1 N–H and O–H groups in total. The van der Waals surface area contributed by atoms with Gasteiger partial charge in [0.1, 0.15) is 11.5 Å². The number of hydrogen-bond donors (Lipinski definition) is 1. The zero-order chi connectivity index (χ0) is 19.5. The van der Waals surface area contributed by atoms with Crippen LogP contribution in [-0.4, -0.2) is 31.7 Å². The number of rotatable bonds is 10. The van der Waals surface area contributed by atoms with Crippen LogP contribution < -0.4 is 14.8 Å². The first-order valence-corrected chi connectivity index (χ1v) is 8.95. The number of ether oxygens (including phenoxy) is 3. The molecule has 0 heterocycles. The number of hydrogen-bond acceptors (Lipinski definition) is 5. The van der Waals surface area contributed by atoms with Gasteiger partial charge in [-0.2, -0.15) is 0 Å². The van der Waals surface area contributed by atoms with Crippen LogP contribution in [-0.2, 0) is 14.3 Å². The highest BCUT2D eigenvalue weighted by molar-refractivity contribution is 5.94. The van der Waals surface area contributed by atoms with E-state index < -0.39 is 11.9 Å². The predicted octanol–water partition coefficient (Wildman–Crippen LogP) is 3.73. The van der Waals surface area contributed by atoms with Gasteiger partial charge in [-0.25, -0.2) is 0 Å². The third-order valence-electron chi connectivity index (χ3n) is 3.64. The lowest BCUT2D eigenvalue weighted by atomic mass is 10.2. The zero-order valence-corrected chi connectivity index (χ0v) is 15.7. The summed E-state index contributed by atoms with van der Waals surface area (Å²) in [4.78, 5) is 23.7. The van der Waals surface area contributed by atoms with Crippen LogP contribution in [0.15, 0.2) is 48.5 Å². The molecule has 0 radical (unpaired) electrons. The zero-order valence-electron chi connectivity index (χ0n) is 15.7. The Bertz CT molecular complexity index is 742. The van der Waals surface area contributed by atoms with Crippen molar-refractivity contribution in [3.63, 3.8) is 0 Å². The molecular formula is C21H25NO5. The second-order valence-corrected chi connectivity index (χ2v) is 5.90. The summed E-state index contributed by atoms with van der Waals surface area (Å²) < 4.78 is 16.0. The summed E-state index contributed by atoms with van der Waals surface area (Å²) in [5, 5.41) is 2.68. The number of aryl methyl sites for hydroxylation is 1. The Labute approximate surface area is 159 Å². The summed E-state index contributed by atoms with van der Waals surface area (Å²) in [7, 11) is 0. The fourth-order valence-corrected chi connectivity index (χ4v) is 2.30. The van der Waals surface area contributed by atoms with Crippen LogP contribution in [0.3, 0.4) is 0 Å². The maximum atomic E-state index is 11.9. The number of amides is 1.